The second kappa shape index (κ2) is 9.82. The highest BCUT2D eigenvalue weighted by atomic mass is 19.1. The number of likely N-dealkylation sites (N-methyl/N-ethyl adjacent to an activating group) is 1. The Morgan fingerprint density at radius 3 is 2.31 bits per heavy atom. The lowest BCUT2D eigenvalue weighted by Crippen LogP contribution is -2.43. The van der Waals surface area contributed by atoms with Gasteiger partial charge >= 0.3 is 0 Å². The van der Waals surface area contributed by atoms with Crippen molar-refractivity contribution in [2.75, 3.05) is 27.2 Å². The molecule has 2 fully saturated rings. The molecular weight excluding hydrogens is 439 g/mol. The minimum absolute atomic E-state index is 0.172. The number of carbonyl (C=O) groups excluding carboxylic acids is 1. The first-order valence-corrected chi connectivity index (χ1v) is 12.4. The molecule has 0 aliphatic carbocycles. The molecule has 2 heterocycles. The molecular formula is C30H33FN2O2. The smallest absolute Gasteiger partial charge is 0.228 e. The number of hydrogen-bond donors (Lipinski definition) is 0. The van der Waals surface area contributed by atoms with Gasteiger partial charge < -0.3 is 9.64 Å². The van der Waals surface area contributed by atoms with Crippen molar-refractivity contribution < 1.29 is 13.9 Å². The van der Waals surface area contributed by atoms with Gasteiger partial charge in [0.1, 0.15) is 11.6 Å². The lowest BCUT2D eigenvalue weighted by Gasteiger charge is -2.38. The van der Waals surface area contributed by atoms with Crippen molar-refractivity contribution in [1.29, 1.82) is 0 Å². The van der Waals surface area contributed by atoms with E-state index in [2.05, 4.69) is 35.2 Å². The Morgan fingerprint density at radius 2 is 1.60 bits per heavy atom. The number of carbonyl (C=O) groups is 1. The fourth-order valence-electron chi connectivity index (χ4n) is 5.90. The summed E-state index contributed by atoms with van der Waals surface area (Å²) in [6, 6.07) is 23.5. The standard InChI is InChI=1S/C30H33FN2O2/c1-32-25(19-22-11-13-24(31)14-12-22)20-30(29(32)34)15-17-33(18-16-30)21-23-7-3-4-8-26(23)27-9-5-6-10-28(27)35-2/h3-14,25H,15-21H2,1-2H3/t25-/m1/s1. The molecule has 1 amide bonds. The summed E-state index contributed by atoms with van der Waals surface area (Å²) in [5.74, 6) is 0.934. The largest absolute Gasteiger partial charge is 0.496 e. The quantitative estimate of drug-likeness (QED) is 0.471. The van der Waals surface area contributed by atoms with E-state index in [1.807, 2.05) is 42.3 Å². The van der Waals surface area contributed by atoms with E-state index in [0.29, 0.717) is 0 Å². The predicted octanol–water partition coefficient (Wildman–Crippen LogP) is 5.56. The van der Waals surface area contributed by atoms with Crippen molar-refractivity contribution in [1.82, 2.24) is 9.80 Å². The molecule has 2 aliphatic rings. The van der Waals surface area contributed by atoms with Crippen LogP contribution in [0.4, 0.5) is 4.39 Å². The summed E-state index contributed by atoms with van der Waals surface area (Å²) in [7, 11) is 3.64. The number of ether oxygens (including phenoxy) is 1. The van der Waals surface area contributed by atoms with E-state index in [9.17, 15) is 9.18 Å². The molecule has 0 unspecified atom stereocenters. The molecule has 5 rings (SSSR count). The second-order valence-corrected chi connectivity index (χ2v) is 10.0. The van der Waals surface area contributed by atoms with E-state index in [-0.39, 0.29) is 23.2 Å². The second-order valence-electron chi connectivity index (χ2n) is 10.0. The van der Waals surface area contributed by atoms with Crippen LogP contribution < -0.4 is 4.74 Å². The third kappa shape index (κ3) is 4.70. The average Bonchev–Trinajstić information content (AvgIpc) is 3.11. The summed E-state index contributed by atoms with van der Waals surface area (Å²) >= 11 is 0. The number of piperidine rings is 1. The summed E-state index contributed by atoms with van der Waals surface area (Å²) in [5.41, 5.74) is 4.39. The van der Waals surface area contributed by atoms with Crippen LogP contribution in [0.1, 0.15) is 30.4 Å². The zero-order valence-electron chi connectivity index (χ0n) is 20.5. The molecule has 0 aromatic heterocycles. The molecule has 182 valence electrons. The third-order valence-electron chi connectivity index (χ3n) is 7.95. The van der Waals surface area contributed by atoms with Gasteiger partial charge in [-0.2, -0.15) is 0 Å². The molecule has 2 saturated heterocycles. The molecule has 5 heteroatoms. The van der Waals surface area contributed by atoms with Crippen LogP contribution in [-0.4, -0.2) is 49.0 Å². The van der Waals surface area contributed by atoms with Gasteiger partial charge in [0.25, 0.3) is 0 Å². The lowest BCUT2D eigenvalue weighted by atomic mass is 9.75. The highest BCUT2D eigenvalue weighted by Gasteiger charge is 2.51. The maximum absolute atomic E-state index is 13.3. The molecule has 2 aliphatic heterocycles. The van der Waals surface area contributed by atoms with Crippen molar-refractivity contribution in [3.05, 3.63) is 89.7 Å². The normalized spacial score (nSPS) is 19.9. The van der Waals surface area contributed by atoms with Crippen LogP contribution in [0.25, 0.3) is 11.1 Å². The highest BCUT2D eigenvalue weighted by molar-refractivity contribution is 5.85. The molecule has 0 radical (unpaired) electrons. The summed E-state index contributed by atoms with van der Waals surface area (Å²) in [6.45, 7) is 2.67. The predicted molar refractivity (Wildman–Crippen MR) is 137 cm³/mol. The summed E-state index contributed by atoms with van der Waals surface area (Å²) in [5, 5.41) is 0. The minimum atomic E-state index is -0.266. The summed E-state index contributed by atoms with van der Waals surface area (Å²) in [6.07, 6.45) is 3.42. The van der Waals surface area contributed by atoms with E-state index in [4.69, 9.17) is 4.74 Å². The zero-order chi connectivity index (χ0) is 24.4. The van der Waals surface area contributed by atoms with Crippen LogP contribution in [0, 0.1) is 11.2 Å². The number of benzene rings is 3. The van der Waals surface area contributed by atoms with Gasteiger partial charge in [-0.1, -0.05) is 54.6 Å². The van der Waals surface area contributed by atoms with E-state index in [0.717, 1.165) is 62.2 Å². The third-order valence-corrected chi connectivity index (χ3v) is 7.95. The Bertz CT molecular complexity index is 1180. The van der Waals surface area contributed by atoms with Gasteiger partial charge in [-0.25, -0.2) is 4.39 Å². The van der Waals surface area contributed by atoms with Crippen molar-refractivity contribution in [2.24, 2.45) is 5.41 Å². The van der Waals surface area contributed by atoms with Crippen LogP contribution in [0.15, 0.2) is 72.8 Å². The Hall–Kier alpha value is -3.18. The van der Waals surface area contributed by atoms with E-state index in [1.54, 1.807) is 7.11 Å². The van der Waals surface area contributed by atoms with Crippen molar-refractivity contribution >= 4 is 5.91 Å². The number of likely N-dealkylation sites (tertiary alicyclic amines) is 2. The van der Waals surface area contributed by atoms with Gasteiger partial charge in [-0.15, -0.1) is 0 Å². The molecule has 0 bridgehead atoms. The molecule has 0 saturated carbocycles. The summed E-state index contributed by atoms with van der Waals surface area (Å²) in [4.78, 5) is 17.8. The van der Waals surface area contributed by atoms with Crippen LogP contribution >= 0.6 is 0 Å². The number of methoxy groups -OCH3 is 1. The van der Waals surface area contributed by atoms with Crippen LogP contribution in [0.5, 0.6) is 5.75 Å². The summed E-state index contributed by atoms with van der Waals surface area (Å²) < 4.78 is 18.9. The molecule has 1 atom stereocenters. The van der Waals surface area contributed by atoms with Crippen LogP contribution in [0.2, 0.25) is 0 Å². The molecule has 4 nitrogen and oxygen atoms in total. The highest BCUT2D eigenvalue weighted by Crippen LogP contribution is 2.45. The lowest BCUT2D eigenvalue weighted by molar-refractivity contribution is -0.137. The topological polar surface area (TPSA) is 32.8 Å². The van der Waals surface area contributed by atoms with Gasteiger partial charge in [0.15, 0.2) is 0 Å². The van der Waals surface area contributed by atoms with E-state index < -0.39 is 0 Å². The zero-order valence-corrected chi connectivity index (χ0v) is 20.5. The monoisotopic (exact) mass is 472 g/mol. The fourth-order valence-corrected chi connectivity index (χ4v) is 5.90. The van der Waals surface area contributed by atoms with Gasteiger partial charge in [0.05, 0.1) is 12.5 Å². The Morgan fingerprint density at radius 1 is 0.943 bits per heavy atom. The molecule has 0 N–H and O–H groups in total. The first-order valence-electron chi connectivity index (χ1n) is 12.4. The van der Waals surface area contributed by atoms with E-state index >= 15 is 0 Å². The Kier molecular flexibility index (Phi) is 6.61. The molecule has 3 aromatic carbocycles. The average molecular weight is 473 g/mol. The maximum atomic E-state index is 13.3. The minimum Gasteiger partial charge on any atom is -0.496 e. The molecule has 35 heavy (non-hydrogen) atoms. The number of amides is 1. The number of para-hydroxylation sites is 1. The van der Waals surface area contributed by atoms with E-state index in [1.165, 1.54) is 23.3 Å². The van der Waals surface area contributed by atoms with Gasteiger partial charge in [-0.3, -0.25) is 9.69 Å². The van der Waals surface area contributed by atoms with Crippen LogP contribution in [-0.2, 0) is 17.8 Å². The SMILES string of the molecule is COc1ccccc1-c1ccccc1CN1CCC2(CC1)C[C@@H](Cc1ccc(F)cc1)N(C)C2=O. The number of rotatable bonds is 6. The maximum Gasteiger partial charge on any atom is 0.228 e. The number of hydrogen-bond acceptors (Lipinski definition) is 3. The Balaban J connectivity index is 1.26. The molecule has 1 spiro atoms. The Labute approximate surface area is 207 Å². The van der Waals surface area contributed by atoms with Crippen molar-refractivity contribution in [3.8, 4) is 16.9 Å². The first kappa shape index (κ1) is 23.6. The van der Waals surface area contributed by atoms with Crippen LogP contribution in [0.3, 0.4) is 0 Å². The fraction of sp³-hybridized carbons (Fsp3) is 0.367. The van der Waals surface area contributed by atoms with Gasteiger partial charge in [0, 0.05) is 25.2 Å². The van der Waals surface area contributed by atoms with Gasteiger partial charge in [-0.05, 0) is 73.7 Å². The number of nitrogens with zero attached hydrogens (tertiary/aromatic N) is 2. The first-order chi connectivity index (χ1) is 17.0. The molecule has 3 aromatic rings. The number of halogens is 1. The van der Waals surface area contributed by atoms with Crippen molar-refractivity contribution in [2.45, 2.75) is 38.3 Å². The van der Waals surface area contributed by atoms with Gasteiger partial charge in [0.2, 0.25) is 5.91 Å². The van der Waals surface area contributed by atoms with Crippen molar-refractivity contribution in [3.63, 3.8) is 0 Å².